The third-order valence-electron chi connectivity index (χ3n) is 8.41. The molecule has 0 spiro atoms. The zero-order valence-corrected chi connectivity index (χ0v) is 27.2. The Morgan fingerprint density at radius 2 is 1.63 bits per heavy atom. The van der Waals surface area contributed by atoms with Crippen molar-refractivity contribution < 1.29 is 29.0 Å². The van der Waals surface area contributed by atoms with E-state index < -0.39 is 16.8 Å². The number of carboxylic acid groups (broad SMARTS) is 1. The normalized spacial score (nSPS) is 13.0. The molecule has 3 aromatic heterocycles. The number of carbonyl (C=O) groups is 3. The van der Waals surface area contributed by atoms with E-state index in [0.717, 1.165) is 16.6 Å². The lowest BCUT2D eigenvalue weighted by Crippen LogP contribution is -2.32. The lowest BCUT2D eigenvalue weighted by Gasteiger charge is -2.26. The molecule has 2 aromatic carbocycles. The number of carboxylic acids is 1. The fraction of sp³-hybridized carbons (Fsp3) is 0.316. The summed E-state index contributed by atoms with van der Waals surface area (Å²) in [5, 5.41) is 11.4. The molecule has 238 valence electrons. The zero-order chi connectivity index (χ0) is 33.2. The molecule has 0 radical (unpaired) electrons. The molecular formula is C38H40N2O6. The molecule has 3 heterocycles. The van der Waals surface area contributed by atoms with Crippen LogP contribution in [0.4, 0.5) is 0 Å². The molecule has 46 heavy (non-hydrogen) atoms. The van der Waals surface area contributed by atoms with E-state index in [4.69, 9.17) is 14.5 Å². The van der Waals surface area contributed by atoms with Crippen molar-refractivity contribution in [3.8, 4) is 11.5 Å². The van der Waals surface area contributed by atoms with E-state index in [-0.39, 0.29) is 30.3 Å². The number of carbonyl (C=O) groups excluding carboxylic acids is 2. The van der Waals surface area contributed by atoms with Gasteiger partial charge < -0.3 is 19.0 Å². The maximum absolute atomic E-state index is 14.3. The summed E-state index contributed by atoms with van der Waals surface area (Å²) in [5.41, 5.74) is 1.49. The number of nitrogens with zero attached hydrogens (tertiary/aromatic N) is 2. The number of aliphatic carboxylic acids is 1. The smallest absolute Gasteiger partial charge is 0.309 e. The van der Waals surface area contributed by atoms with Gasteiger partial charge in [-0.1, -0.05) is 58.4 Å². The van der Waals surface area contributed by atoms with Crippen LogP contribution in [-0.2, 0) is 17.8 Å². The summed E-state index contributed by atoms with van der Waals surface area (Å²) in [5.74, 6) is -0.393. The fourth-order valence-electron chi connectivity index (χ4n) is 5.86. The van der Waals surface area contributed by atoms with Crippen LogP contribution in [0.5, 0.6) is 11.5 Å². The first-order valence-corrected chi connectivity index (χ1v) is 15.5. The van der Waals surface area contributed by atoms with Crippen LogP contribution in [0.1, 0.15) is 85.1 Å². The van der Waals surface area contributed by atoms with Gasteiger partial charge in [0.05, 0.1) is 34.9 Å². The van der Waals surface area contributed by atoms with E-state index in [1.54, 1.807) is 61.0 Å². The minimum Gasteiger partial charge on any atom is -0.497 e. The summed E-state index contributed by atoms with van der Waals surface area (Å²) in [6.07, 6.45) is 2.72. The largest absolute Gasteiger partial charge is 0.497 e. The van der Waals surface area contributed by atoms with Gasteiger partial charge in [-0.15, -0.1) is 0 Å². The van der Waals surface area contributed by atoms with Crippen LogP contribution in [0, 0.1) is 10.8 Å². The molecule has 0 bridgehead atoms. The lowest BCUT2D eigenvalue weighted by atomic mass is 9.76. The molecule has 0 aliphatic rings. The molecular weight excluding hydrogens is 580 g/mol. The van der Waals surface area contributed by atoms with E-state index in [9.17, 15) is 19.5 Å². The lowest BCUT2D eigenvalue weighted by molar-refractivity contribution is -0.148. The Morgan fingerprint density at radius 3 is 2.28 bits per heavy atom. The summed E-state index contributed by atoms with van der Waals surface area (Å²) in [6, 6.07) is 22.0. The Kier molecular flexibility index (Phi) is 9.01. The molecule has 5 rings (SSSR count). The molecule has 0 fully saturated rings. The summed E-state index contributed by atoms with van der Waals surface area (Å²) in [7, 11) is 1.55. The van der Waals surface area contributed by atoms with Gasteiger partial charge in [-0.05, 0) is 67.8 Å². The number of hydrogen-bond acceptors (Lipinski definition) is 6. The number of ether oxygens (including phenoxy) is 2. The van der Waals surface area contributed by atoms with Crippen molar-refractivity contribution in [2.75, 3.05) is 7.11 Å². The number of benzene rings is 2. The molecule has 1 atom stereocenters. The second-order valence-corrected chi connectivity index (χ2v) is 13.0. The summed E-state index contributed by atoms with van der Waals surface area (Å²) in [4.78, 5) is 45.9. The van der Waals surface area contributed by atoms with Gasteiger partial charge in [0, 0.05) is 34.2 Å². The molecule has 0 aliphatic heterocycles. The van der Waals surface area contributed by atoms with Crippen molar-refractivity contribution in [1.29, 1.82) is 0 Å². The maximum atomic E-state index is 14.3. The average Bonchev–Trinajstić information content (AvgIpc) is 3.34. The number of pyridine rings is 2. The highest BCUT2D eigenvalue weighted by atomic mass is 16.5. The molecule has 8 heteroatoms. The Morgan fingerprint density at radius 1 is 0.913 bits per heavy atom. The molecule has 5 aromatic rings. The molecule has 0 amide bonds. The fourth-order valence-corrected chi connectivity index (χ4v) is 5.86. The number of ketones is 2. The van der Waals surface area contributed by atoms with Gasteiger partial charge in [0.2, 0.25) is 5.78 Å². The highest BCUT2D eigenvalue weighted by Crippen LogP contribution is 2.39. The van der Waals surface area contributed by atoms with Gasteiger partial charge >= 0.3 is 5.97 Å². The first kappa shape index (κ1) is 32.4. The minimum atomic E-state index is -1.21. The van der Waals surface area contributed by atoms with Crippen molar-refractivity contribution in [3.63, 3.8) is 0 Å². The van der Waals surface area contributed by atoms with E-state index in [1.165, 1.54) is 0 Å². The first-order valence-electron chi connectivity index (χ1n) is 15.5. The van der Waals surface area contributed by atoms with Crippen molar-refractivity contribution >= 4 is 34.0 Å². The Balaban J connectivity index is 1.68. The molecule has 0 saturated carbocycles. The second kappa shape index (κ2) is 12.8. The Bertz CT molecular complexity index is 1930. The number of para-hydroxylation sites is 1. The quantitative estimate of drug-likeness (QED) is 0.141. The number of methoxy groups -OCH3 is 1. The topological polar surface area (TPSA) is 107 Å². The predicted octanol–water partition coefficient (Wildman–Crippen LogP) is 7.97. The SMILES string of the molecule is CCCC(C)(Cc1c(C(=O)C(C)(C)C)c2cc(OCc3ccc4ccccc4n3)ccn2c1C(=O)c1ccc(OC)cc1)C(=O)O. The van der Waals surface area contributed by atoms with Gasteiger partial charge in [0.15, 0.2) is 5.78 Å². The number of aromatic nitrogens is 2. The van der Waals surface area contributed by atoms with Crippen LogP contribution in [0.2, 0.25) is 0 Å². The second-order valence-electron chi connectivity index (χ2n) is 13.0. The zero-order valence-electron chi connectivity index (χ0n) is 27.2. The monoisotopic (exact) mass is 620 g/mol. The van der Waals surface area contributed by atoms with Crippen molar-refractivity contribution in [2.45, 2.75) is 60.5 Å². The van der Waals surface area contributed by atoms with E-state index in [1.807, 2.05) is 64.1 Å². The van der Waals surface area contributed by atoms with Crippen LogP contribution in [0.3, 0.4) is 0 Å². The molecule has 0 saturated heterocycles. The first-order chi connectivity index (χ1) is 21.9. The van der Waals surface area contributed by atoms with Gasteiger partial charge in [0.1, 0.15) is 18.1 Å². The summed E-state index contributed by atoms with van der Waals surface area (Å²) >= 11 is 0. The van der Waals surface area contributed by atoms with Crippen LogP contribution in [0.15, 0.2) is 79.0 Å². The minimum absolute atomic E-state index is 0.00341. The van der Waals surface area contributed by atoms with Crippen molar-refractivity contribution in [2.24, 2.45) is 10.8 Å². The average molecular weight is 621 g/mol. The van der Waals surface area contributed by atoms with Crippen LogP contribution < -0.4 is 9.47 Å². The standard InChI is InChI=1S/C38H40N2O6/c1-7-19-38(5,36(43)44)22-29-32(35(42)37(2,3)4)31-21-28(46-23-26-15-12-24-10-8-9-11-30(24)39-26)18-20-40(31)33(29)34(41)25-13-16-27(45-6)17-14-25/h8-18,20-21H,7,19,22-23H2,1-6H3,(H,43,44). The van der Waals surface area contributed by atoms with Crippen molar-refractivity contribution in [3.05, 3.63) is 107 Å². The molecule has 0 aliphatic carbocycles. The highest BCUT2D eigenvalue weighted by molar-refractivity contribution is 6.15. The summed E-state index contributed by atoms with van der Waals surface area (Å²) in [6.45, 7) is 9.27. The van der Waals surface area contributed by atoms with E-state index in [0.29, 0.717) is 46.5 Å². The van der Waals surface area contributed by atoms with Crippen LogP contribution in [0.25, 0.3) is 16.4 Å². The predicted molar refractivity (Wildman–Crippen MR) is 178 cm³/mol. The number of hydrogen-bond donors (Lipinski definition) is 1. The summed E-state index contributed by atoms with van der Waals surface area (Å²) < 4.78 is 13.2. The highest BCUT2D eigenvalue weighted by Gasteiger charge is 2.39. The molecule has 1 N–H and O–H groups in total. The van der Waals surface area contributed by atoms with Gasteiger partial charge in [-0.3, -0.25) is 14.4 Å². The van der Waals surface area contributed by atoms with Crippen LogP contribution >= 0.6 is 0 Å². The third kappa shape index (κ3) is 6.38. The molecule has 1 unspecified atom stereocenters. The van der Waals surface area contributed by atoms with E-state index >= 15 is 0 Å². The van der Waals surface area contributed by atoms with Crippen molar-refractivity contribution in [1.82, 2.24) is 9.38 Å². The maximum Gasteiger partial charge on any atom is 0.309 e. The Hall–Kier alpha value is -4.98. The van der Waals surface area contributed by atoms with Gasteiger partial charge in [-0.2, -0.15) is 0 Å². The number of Topliss-reactive ketones (excluding diaryl/α,β-unsaturated/α-hetero) is 1. The number of rotatable bonds is 12. The number of fused-ring (bicyclic) bond motifs is 2. The van der Waals surface area contributed by atoms with Gasteiger partial charge in [-0.25, -0.2) is 4.98 Å². The van der Waals surface area contributed by atoms with E-state index in [2.05, 4.69) is 0 Å². The Labute approximate surface area is 269 Å². The third-order valence-corrected chi connectivity index (χ3v) is 8.41. The van der Waals surface area contributed by atoms with Gasteiger partial charge in [0.25, 0.3) is 0 Å². The molecule has 8 nitrogen and oxygen atoms in total. The van der Waals surface area contributed by atoms with Crippen LogP contribution in [-0.4, -0.2) is 39.1 Å².